The summed E-state index contributed by atoms with van der Waals surface area (Å²) in [6.07, 6.45) is -3.92. The Balaban J connectivity index is 0.000000396. The van der Waals surface area contributed by atoms with Crippen LogP contribution in [0.3, 0.4) is 0 Å². The third-order valence-electron chi connectivity index (χ3n) is 5.17. The predicted molar refractivity (Wildman–Crippen MR) is 104 cm³/mol. The first kappa shape index (κ1) is 24.4. The molecule has 30 heavy (non-hydrogen) atoms. The van der Waals surface area contributed by atoms with Crippen LogP contribution >= 0.6 is 11.3 Å². The zero-order valence-electron chi connectivity index (χ0n) is 17.3. The van der Waals surface area contributed by atoms with E-state index in [0.717, 1.165) is 43.3 Å². The summed E-state index contributed by atoms with van der Waals surface area (Å²) < 4.78 is 37.4. The predicted octanol–water partition coefficient (Wildman–Crippen LogP) is 2.29. The number of amides is 2. The molecule has 1 N–H and O–H groups in total. The summed E-state index contributed by atoms with van der Waals surface area (Å²) in [5.41, 5.74) is 1.13. The Bertz CT molecular complexity index is 743. The van der Waals surface area contributed by atoms with Crippen LogP contribution in [0.5, 0.6) is 0 Å². The molecule has 0 aliphatic carbocycles. The van der Waals surface area contributed by atoms with Gasteiger partial charge in [-0.2, -0.15) is 13.2 Å². The Morgan fingerprint density at radius 3 is 2.47 bits per heavy atom. The Morgan fingerprint density at radius 1 is 1.37 bits per heavy atom. The van der Waals surface area contributed by atoms with Gasteiger partial charge in [-0.05, 0) is 13.3 Å². The van der Waals surface area contributed by atoms with Crippen LogP contribution in [0.2, 0.25) is 0 Å². The first-order valence-electron chi connectivity index (χ1n) is 9.38. The van der Waals surface area contributed by atoms with Crippen LogP contribution in [0.4, 0.5) is 18.0 Å². The van der Waals surface area contributed by atoms with Crippen LogP contribution in [0.15, 0.2) is 5.38 Å². The number of alkyl halides is 3. The van der Waals surface area contributed by atoms with Gasteiger partial charge in [0.05, 0.1) is 22.8 Å². The fourth-order valence-electron chi connectivity index (χ4n) is 3.86. The maximum atomic E-state index is 12.5. The number of likely N-dealkylation sites (tertiary alicyclic amines) is 2. The zero-order chi connectivity index (χ0) is 22.6. The zero-order valence-corrected chi connectivity index (χ0v) is 18.2. The number of carboxylic acid groups (broad SMARTS) is 1. The van der Waals surface area contributed by atoms with Gasteiger partial charge in [0, 0.05) is 58.7 Å². The number of carboxylic acids is 1. The summed E-state index contributed by atoms with van der Waals surface area (Å²) in [6.45, 7) is 5.55. The molecule has 12 heteroatoms. The normalized spacial score (nSPS) is 24.1. The number of aryl methyl sites for hydroxylation is 1. The second kappa shape index (κ2) is 9.92. The van der Waals surface area contributed by atoms with E-state index in [9.17, 15) is 18.0 Å². The number of methoxy groups -OCH3 is 1. The van der Waals surface area contributed by atoms with E-state index in [-0.39, 0.29) is 18.2 Å². The van der Waals surface area contributed by atoms with E-state index in [1.54, 1.807) is 23.3 Å². The van der Waals surface area contributed by atoms with E-state index < -0.39 is 12.1 Å². The monoisotopic (exact) mass is 452 g/mol. The molecule has 0 aromatic carbocycles. The number of thiazole rings is 1. The molecule has 3 heterocycles. The van der Waals surface area contributed by atoms with Gasteiger partial charge in [-0.25, -0.2) is 14.6 Å². The molecule has 1 aromatic heterocycles. The number of fused-ring (bicyclic) bond motifs is 1. The van der Waals surface area contributed by atoms with Crippen molar-refractivity contribution in [2.75, 3.05) is 40.8 Å². The molecule has 170 valence electrons. The maximum Gasteiger partial charge on any atom is 0.490 e. The molecule has 2 aliphatic rings. The number of hydrogen-bond acceptors (Lipinski definition) is 6. The quantitative estimate of drug-likeness (QED) is 0.758. The average molecular weight is 452 g/mol. The largest absolute Gasteiger partial charge is 0.490 e. The van der Waals surface area contributed by atoms with Gasteiger partial charge in [-0.1, -0.05) is 0 Å². The molecule has 2 amide bonds. The van der Waals surface area contributed by atoms with Crippen LogP contribution in [0.25, 0.3) is 0 Å². The fraction of sp³-hybridized carbons (Fsp3) is 0.722. The highest BCUT2D eigenvalue weighted by atomic mass is 32.1. The number of hydrogen-bond donors (Lipinski definition) is 1. The number of halogens is 3. The summed E-state index contributed by atoms with van der Waals surface area (Å²) in [7, 11) is 5.44. The number of carbonyl (C=O) groups is 2. The Kier molecular flexibility index (Phi) is 8.06. The fourth-order valence-corrected chi connectivity index (χ4v) is 4.47. The molecule has 0 bridgehead atoms. The smallest absolute Gasteiger partial charge is 0.475 e. The first-order chi connectivity index (χ1) is 13.9. The molecule has 1 aromatic rings. The molecular formula is C18H27F3N4O4S. The van der Waals surface area contributed by atoms with E-state index >= 15 is 0 Å². The highest BCUT2D eigenvalue weighted by molar-refractivity contribution is 7.09. The molecule has 8 nitrogen and oxygen atoms in total. The topological polar surface area (TPSA) is 86.2 Å². The van der Waals surface area contributed by atoms with Crippen molar-refractivity contribution in [3.8, 4) is 0 Å². The molecule has 2 saturated heterocycles. The SMILES string of the molecule is CO[C@H]1CCN(C(=O)N(C)C)[C@@H]2CN(Cc3csc(C)n3)C[C@H]12.O=C(O)C(F)(F)F. The molecule has 2 fully saturated rings. The lowest BCUT2D eigenvalue weighted by molar-refractivity contribution is -0.192. The third kappa shape index (κ3) is 6.05. The lowest BCUT2D eigenvalue weighted by atomic mass is 9.89. The van der Waals surface area contributed by atoms with Gasteiger partial charge >= 0.3 is 18.2 Å². The van der Waals surface area contributed by atoms with Crippen molar-refractivity contribution in [3.63, 3.8) is 0 Å². The molecule has 0 spiro atoms. The number of aliphatic carboxylic acids is 1. The molecule has 0 saturated carbocycles. The van der Waals surface area contributed by atoms with Gasteiger partial charge in [-0.3, -0.25) is 4.90 Å². The van der Waals surface area contributed by atoms with Crippen LogP contribution in [0, 0.1) is 12.8 Å². The van der Waals surface area contributed by atoms with Crippen molar-refractivity contribution >= 4 is 23.3 Å². The number of carbonyl (C=O) groups excluding carboxylic acids is 1. The standard InChI is InChI=1S/C16H26N4O2S.C2HF3O2/c1-11-17-12(10-23-11)7-19-8-13-14(9-19)20(16(21)18(2)3)6-5-15(13)22-4;3-2(4,5)1(6)7/h10,13-15H,5-9H2,1-4H3;(H,6,7)/t13-,14+,15-;/m0./s1. The van der Waals surface area contributed by atoms with Gasteiger partial charge in [0.1, 0.15) is 0 Å². The Hall–Kier alpha value is -1.92. The number of piperidine rings is 1. The van der Waals surface area contributed by atoms with Crippen LogP contribution in [-0.4, -0.2) is 96.0 Å². The van der Waals surface area contributed by atoms with E-state index in [4.69, 9.17) is 14.6 Å². The van der Waals surface area contributed by atoms with Crippen molar-refractivity contribution < 1.29 is 32.6 Å². The number of aromatic nitrogens is 1. The Labute approximate surface area is 177 Å². The minimum Gasteiger partial charge on any atom is -0.475 e. The summed E-state index contributed by atoms with van der Waals surface area (Å²) in [5.74, 6) is -2.37. The first-order valence-corrected chi connectivity index (χ1v) is 10.3. The number of ether oxygens (including phenoxy) is 1. The summed E-state index contributed by atoms with van der Waals surface area (Å²) in [5, 5.41) is 10.4. The second-order valence-electron chi connectivity index (χ2n) is 7.52. The van der Waals surface area contributed by atoms with Gasteiger partial charge < -0.3 is 19.6 Å². The Morgan fingerprint density at radius 2 is 2.00 bits per heavy atom. The van der Waals surface area contributed by atoms with Crippen molar-refractivity contribution in [1.29, 1.82) is 0 Å². The minimum atomic E-state index is -5.08. The van der Waals surface area contributed by atoms with Crippen LogP contribution < -0.4 is 0 Å². The molecule has 3 atom stereocenters. The highest BCUT2D eigenvalue weighted by Gasteiger charge is 2.46. The third-order valence-corrected chi connectivity index (χ3v) is 5.99. The van der Waals surface area contributed by atoms with Crippen molar-refractivity contribution in [3.05, 3.63) is 16.1 Å². The van der Waals surface area contributed by atoms with Gasteiger partial charge in [0.15, 0.2) is 0 Å². The number of urea groups is 1. The van der Waals surface area contributed by atoms with Gasteiger partial charge in [-0.15, -0.1) is 11.3 Å². The van der Waals surface area contributed by atoms with E-state index in [2.05, 4.69) is 15.3 Å². The van der Waals surface area contributed by atoms with Gasteiger partial charge in [0.25, 0.3) is 0 Å². The van der Waals surface area contributed by atoms with Crippen molar-refractivity contribution in [1.82, 2.24) is 19.7 Å². The second-order valence-corrected chi connectivity index (χ2v) is 8.58. The van der Waals surface area contributed by atoms with Crippen LogP contribution in [0.1, 0.15) is 17.1 Å². The average Bonchev–Trinajstić information content (AvgIpc) is 3.26. The maximum absolute atomic E-state index is 12.5. The summed E-state index contributed by atoms with van der Waals surface area (Å²) >= 11 is 1.69. The van der Waals surface area contributed by atoms with E-state index in [1.165, 1.54) is 0 Å². The molecular weight excluding hydrogens is 425 g/mol. The summed E-state index contributed by atoms with van der Waals surface area (Å²) in [6, 6.07) is 0.351. The minimum absolute atomic E-state index is 0.112. The van der Waals surface area contributed by atoms with Crippen LogP contribution in [-0.2, 0) is 16.1 Å². The van der Waals surface area contributed by atoms with Crippen molar-refractivity contribution in [2.45, 2.75) is 38.2 Å². The lowest BCUT2D eigenvalue weighted by Crippen LogP contribution is -2.55. The number of nitrogens with zero attached hydrogens (tertiary/aromatic N) is 4. The van der Waals surface area contributed by atoms with E-state index in [1.807, 2.05) is 25.9 Å². The molecule has 0 unspecified atom stereocenters. The lowest BCUT2D eigenvalue weighted by Gasteiger charge is -2.42. The highest BCUT2D eigenvalue weighted by Crippen LogP contribution is 2.33. The number of rotatable bonds is 3. The molecule has 3 rings (SSSR count). The molecule has 2 aliphatic heterocycles. The van der Waals surface area contributed by atoms with E-state index in [0.29, 0.717) is 5.92 Å². The summed E-state index contributed by atoms with van der Waals surface area (Å²) in [4.78, 5) is 32.1. The van der Waals surface area contributed by atoms with Crippen molar-refractivity contribution in [2.24, 2.45) is 5.92 Å². The molecule has 0 radical (unpaired) electrons. The van der Waals surface area contributed by atoms with Gasteiger partial charge in [0.2, 0.25) is 0 Å².